The van der Waals surface area contributed by atoms with E-state index in [0.717, 1.165) is 0 Å². The summed E-state index contributed by atoms with van der Waals surface area (Å²) in [5.41, 5.74) is 7.61. The number of carbonyl (C=O) groups excluding carboxylic acids is 1. The monoisotopic (exact) mass is 238 g/mol. The fraction of sp³-hybridized carbons (Fsp3) is 0.500. The molecular weight excluding hydrogens is 220 g/mol. The molecule has 7 nitrogen and oxygen atoms in total. The summed E-state index contributed by atoms with van der Waals surface area (Å²) in [4.78, 5) is 21.1. The molecular formula is C10H18N6O. The maximum absolute atomic E-state index is 10.9. The first kappa shape index (κ1) is 13.2. The standard InChI is InChI=1S/C10H18N6O/c1-6(2)10-13-8(15-12)4-9(14-10)16(3)5-7(11)17/h4,6H,5,12H2,1-3H3,(H2,11,17)(H,13,14,15). The number of carbonyl (C=O) groups is 1. The number of primary amides is 1. The zero-order valence-electron chi connectivity index (χ0n) is 10.3. The minimum atomic E-state index is -0.417. The van der Waals surface area contributed by atoms with Crippen molar-refractivity contribution in [2.45, 2.75) is 19.8 Å². The quantitative estimate of drug-likeness (QED) is 0.484. The van der Waals surface area contributed by atoms with Crippen molar-refractivity contribution in [1.29, 1.82) is 0 Å². The van der Waals surface area contributed by atoms with E-state index in [1.54, 1.807) is 18.0 Å². The van der Waals surface area contributed by atoms with Gasteiger partial charge in [-0.1, -0.05) is 13.8 Å². The van der Waals surface area contributed by atoms with Gasteiger partial charge in [0.05, 0.1) is 6.54 Å². The number of amides is 1. The Morgan fingerprint density at radius 2 is 2.18 bits per heavy atom. The molecule has 94 valence electrons. The molecule has 0 aliphatic carbocycles. The fourth-order valence-corrected chi connectivity index (χ4v) is 1.30. The average Bonchev–Trinajstić information content (AvgIpc) is 2.27. The minimum Gasteiger partial charge on any atom is -0.368 e. The van der Waals surface area contributed by atoms with Crippen molar-refractivity contribution in [3.05, 3.63) is 11.9 Å². The van der Waals surface area contributed by atoms with Crippen LogP contribution in [-0.4, -0.2) is 29.5 Å². The van der Waals surface area contributed by atoms with Crippen molar-refractivity contribution < 1.29 is 4.79 Å². The Morgan fingerprint density at radius 3 is 2.65 bits per heavy atom. The lowest BCUT2D eigenvalue weighted by Crippen LogP contribution is -2.31. The molecule has 0 radical (unpaired) electrons. The van der Waals surface area contributed by atoms with Crippen LogP contribution in [-0.2, 0) is 4.79 Å². The summed E-state index contributed by atoms with van der Waals surface area (Å²) >= 11 is 0. The Labute approximate surface area is 100 Å². The van der Waals surface area contributed by atoms with E-state index in [9.17, 15) is 4.79 Å². The second kappa shape index (κ2) is 5.44. The topological polar surface area (TPSA) is 110 Å². The summed E-state index contributed by atoms with van der Waals surface area (Å²) in [6, 6.07) is 1.66. The Morgan fingerprint density at radius 1 is 1.53 bits per heavy atom. The molecule has 1 heterocycles. The summed E-state index contributed by atoms with van der Waals surface area (Å²) < 4.78 is 0. The highest BCUT2D eigenvalue weighted by molar-refractivity contribution is 5.79. The Hall–Kier alpha value is -1.89. The molecule has 7 heteroatoms. The molecule has 0 aliphatic heterocycles. The number of nitrogens with two attached hydrogens (primary N) is 2. The van der Waals surface area contributed by atoms with Crippen LogP contribution in [0.3, 0.4) is 0 Å². The summed E-state index contributed by atoms with van der Waals surface area (Å²) in [5, 5.41) is 0. The van der Waals surface area contributed by atoms with Gasteiger partial charge in [-0.05, 0) is 0 Å². The van der Waals surface area contributed by atoms with Crippen LogP contribution in [0.2, 0.25) is 0 Å². The van der Waals surface area contributed by atoms with Crippen LogP contribution in [0, 0.1) is 0 Å². The van der Waals surface area contributed by atoms with Gasteiger partial charge < -0.3 is 16.1 Å². The first-order valence-corrected chi connectivity index (χ1v) is 5.29. The molecule has 0 aromatic carbocycles. The molecule has 0 aliphatic rings. The number of hydrazine groups is 1. The Balaban J connectivity index is 3.05. The molecule has 0 saturated heterocycles. The van der Waals surface area contributed by atoms with Crippen LogP contribution < -0.4 is 21.9 Å². The number of likely N-dealkylation sites (N-methyl/N-ethyl adjacent to an activating group) is 1. The third kappa shape index (κ3) is 3.56. The van der Waals surface area contributed by atoms with Gasteiger partial charge >= 0.3 is 0 Å². The van der Waals surface area contributed by atoms with Crippen LogP contribution in [0.1, 0.15) is 25.6 Å². The van der Waals surface area contributed by atoms with Crippen LogP contribution in [0.5, 0.6) is 0 Å². The SMILES string of the molecule is CC(C)c1nc(NN)cc(N(C)CC(N)=O)n1. The van der Waals surface area contributed by atoms with E-state index >= 15 is 0 Å². The number of nitrogens with one attached hydrogen (secondary N) is 1. The summed E-state index contributed by atoms with van der Waals surface area (Å²) in [6.07, 6.45) is 0. The third-order valence-corrected chi connectivity index (χ3v) is 2.18. The smallest absolute Gasteiger partial charge is 0.236 e. The van der Waals surface area contributed by atoms with Gasteiger partial charge in [-0.25, -0.2) is 15.8 Å². The maximum Gasteiger partial charge on any atom is 0.236 e. The minimum absolute atomic E-state index is 0.0958. The number of anilines is 2. The predicted molar refractivity (Wildman–Crippen MR) is 66.4 cm³/mol. The van der Waals surface area contributed by atoms with E-state index in [1.165, 1.54) is 0 Å². The highest BCUT2D eigenvalue weighted by Crippen LogP contribution is 2.18. The highest BCUT2D eigenvalue weighted by atomic mass is 16.1. The number of rotatable bonds is 5. The van der Waals surface area contributed by atoms with E-state index in [-0.39, 0.29) is 12.5 Å². The molecule has 0 fully saturated rings. The molecule has 1 rings (SSSR count). The van der Waals surface area contributed by atoms with E-state index in [4.69, 9.17) is 11.6 Å². The summed E-state index contributed by atoms with van der Waals surface area (Å²) in [7, 11) is 1.73. The molecule has 0 unspecified atom stereocenters. The van der Waals surface area contributed by atoms with Gasteiger partial charge in [0, 0.05) is 19.0 Å². The van der Waals surface area contributed by atoms with Crippen molar-refractivity contribution in [2.24, 2.45) is 11.6 Å². The van der Waals surface area contributed by atoms with Crippen molar-refractivity contribution in [1.82, 2.24) is 9.97 Å². The van der Waals surface area contributed by atoms with Crippen molar-refractivity contribution in [2.75, 3.05) is 23.9 Å². The second-order valence-corrected chi connectivity index (χ2v) is 4.09. The zero-order chi connectivity index (χ0) is 13.0. The van der Waals surface area contributed by atoms with E-state index < -0.39 is 5.91 Å². The molecule has 1 aromatic rings. The molecule has 0 atom stereocenters. The van der Waals surface area contributed by atoms with Crippen molar-refractivity contribution in [3.8, 4) is 0 Å². The van der Waals surface area contributed by atoms with Gasteiger partial charge in [0.15, 0.2) is 0 Å². The molecule has 1 amide bonds. The zero-order valence-corrected chi connectivity index (χ0v) is 10.3. The summed E-state index contributed by atoms with van der Waals surface area (Å²) in [5.74, 6) is 6.87. The molecule has 17 heavy (non-hydrogen) atoms. The van der Waals surface area contributed by atoms with Crippen LogP contribution in [0.25, 0.3) is 0 Å². The molecule has 0 bridgehead atoms. The average molecular weight is 238 g/mol. The van der Waals surface area contributed by atoms with Crippen LogP contribution >= 0.6 is 0 Å². The van der Waals surface area contributed by atoms with E-state index in [2.05, 4.69) is 15.4 Å². The lowest BCUT2D eigenvalue weighted by atomic mass is 10.2. The lowest BCUT2D eigenvalue weighted by molar-refractivity contribution is -0.116. The predicted octanol–water partition coefficient (Wildman–Crippen LogP) is -0.193. The Kier molecular flexibility index (Phi) is 4.22. The normalized spacial score (nSPS) is 10.4. The van der Waals surface area contributed by atoms with Crippen LogP contribution in [0.4, 0.5) is 11.6 Å². The van der Waals surface area contributed by atoms with Crippen molar-refractivity contribution in [3.63, 3.8) is 0 Å². The van der Waals surface area contributed by atoms with Crippen molar-refractivity contribution >= 4 is 17.5 Å². The number of nitrogen functional groups attached to an aromatic ring is 1. The number of hydrogen-bond donors (Lipinski definition) is 3. The first-order valence-electron chi connectivity index (χ1n) is 5.29. The molecule has 5 N–H and O–H groups in total. The van der Waals surface area contributed by atoms with Crippen LogP contribution in [0.15, 0.2) is 6.07 Å². The fourth-order valence-electron chi connectivity index (χ4n) is 1.30. The molecule has 0 saturated carbocycles. The lowest BCUT2D eigenvalue weighted by Gasteiger charge is -2.18. The largest absolute Gasteiger partial charge is 0.368 e. The van der Waals surface area contributed by atoms with Gasteiger partial charge in [0.25, 0.3) is 0 Å². The van der Waals surface area contributed by atoms with E-state index in [0.29, 0.717) is 17.5 Å². The maximum atomic E-state index is 10.9. The summed E-state index contributed by atoms with van der Waals surface area (Å²) in [6.45, 7) is 4.06. The number of nitrogens with zero attached hydrogens (tertiary/aromatic N) is 3. The molecule has 1 aromatic heterocycles. The second-order valence-electron chi connectivity index (χ2n) is 4.09. The number of aromatic nitrogens is 2. The third-order valence-electron chi connectivity index (χ3n) is 2.18. The number of hydrogen-bond acceptors (Lipinski definition) is 6. The first-order chi connectivity index (χ1) is 7.93. The van der Waals surface area contributed by atoms with E-state index in [1.807, 2.05) is 13.8 Å². The molecule has 0 spiro atoms. The van der Waals surface area contributed by atoms with Gasteiger partial charge in [-0.2, -0.15) is 0 Å². The highest BCUT2D eigenvalue weighted by Gasteiger charge is 2.11. The Bertz CT molecular complexity index is 406. The van der Waals surface area contributed by atoms with Gasteiger partial charge in [0.2, 0.25) is 5.91 Å². The van der Waals surface area contributed by atoms with Gasteiger partial charge in [0.1, 0.15) is 17.5 Å². The van der Waals surface area contributed by atoms with Gasteiger partial charge in [-0.15, -0.1) is 0 Å². The van der Waals surface area contributed by atoms with Gasteiger partial charge in [-0.3, -0.25) is 4.79 Å².